The molecule has 120 valence electrons. The number of hydrogen-bond acceptors (Lipinski definition) is 6. The summed E-state index contributed by atoms with van der Waals surface area (Å²) < 4.78 is 29.3. The molecule has 0 amide bonds. The van der Waals surface area contributed by atoms with Gasteiger partial charge in [-0.25, -0.2) is 4.39 Å². The molecule has 3 aromatic heterocycles. The lowest BCUT2D eigenvalue weighted by molar-refractivity contribution is 0.270. The fourth-order valence-electron chi connectivity index (χ4n) is 2.09. The third kappa shape index (κ3) is 3.07. The van der Waals surface area contributed by atoms with Gasteiger partial charge in [-0.05, 0) is 47.8 Å². The number of aromatic nitrogens is 2. The number of halogens is 1. The quantitative estimate of drug-likeness (QED) is 0.522. The highest BCUT2D eigenvalue weighted by atomic mass is 32.1. The molecule has 0 fully saturated rings. The first-order valence-corrected chi connectivity index (χ1v) is 8.01. The fraction of sp³-hybridized carbons (Fsp3) is 0.0588. The van der Waals surface area contributed by atoms with Crippen LogP contribution in [0.1, 0.15) is 5.76 Å². The van der Waals surface area contributed by atoms with E-state index in [2.05, 4.69) is 10.1 Å². The van der Waals surface area contributed by atoms with Crippen LogP contribution in [0.5, 0.6) is 5.75 Å². The molecule has 0 aliphatic carbocycles. The molecular weight excluding hydrogens is 331 g/mol. The van der Waals surface area contributed by atoms with E-state index in [9.17, 15) is 4.39 Å². The van der Waals surface area contributed by atoms with Crippen LogP contribution in [0, 0.1) is 5.82 Å². The lowest BCUT2D eigenvalue weighted by Gasteiger charge is -2.03. The molecule has 1 aromatic carbocycles. The van der Waals surface area contributed by atoms with Gasteiger partial charge in [0.2, 0.25) is 5.82 Å². The van der Waals surface area contributed by atoms with Crippen LogP contribution in [0.2, 0.25) is 0 Å². The number of furan rings is 1. The van der Waals surface area contributed by atoms with Gasteiger partial charge >= 0.3 is 0 Å². The SMILES string of the molecule is Fc1ccc(OCc2ccc(-c3nc(-c4cccs4)no3)o2)cc1. The Morgan fingerprint density at radius 3 is 2.75 bits per heavy atom. The summed E-state index contributed by atoms with van der Waals surface area (Å²) in [7, 11) is 0. The maximum absolute atomic E-state index is 12.8. The summed E-state index contributed by atoms with van der Waals surface area (Å²) in [5.41, 5.74) is 0. The molecule has 7 heteroatoms. The minimum atomic E-state index is -0.305. The Morgan fingerprint density at radius 2 is 1.96 bits per heavy atom. The van der Waals surface area contributed by atoms with Crippen molar-refractivity contribution in [3.05, 3.63) is 65.5 Å². The predicted octanol–water partition coefficient (Wildman–Crippen LogP) is 4.78. The molecule has 0 radical (unpaired) electrons. The van der Waals surface area contributed by atoms with E-state index >= 15 is 0 Å². The van der Waals surface area contributed by atoms with Gasteiger partial charge in [0.1, 0.15) is 23.9 Å². The van der Waals surface area contributed by atoms with Crippen LogP contribution in [0.4, 0.5) is 4.39 Å². The Bertz CT molecular complexity index is 929. The number of ether oxygens (including phenoxy) is 1. The first kappa shape index (κ1) is 14.6. The predicted molar refractivity (Wildman–Crippen MR) is 86.0 cm³/mol. The molecular formula is C17H11FN2O3S. The molecule has 0 unspecified atom stereocenters. The van der Waals surface area contributed by atoms with Crippen LogP contribution in [-0.4, -0.2) is 10.1 Å². The topological polar surface area (TPSA) is 61.3 Å². The molecule has 0 bridgehead atoms. The highest BCUT2D eigenvalue weighted by Crippen LogP contribution is 2.26. The summed E-state index contributed by atoms with van der Waals surface area (Å²) in [6.45, 7) is 0.220. The molecule has 0 atom stereocenters. The van der Waals surface area contributed by atoms with Crippen LogP contribution in [0.15, 0.2) is 62.9 Å². The lowest BCUT2D eigenvalue weighted by atomic mass is 10.3. The first-order valence-electron chi connectivity index (χ1n) is 7.13. The monoisotopic (exact) mass is 342 g/mol. The Kier molecular flexibility index (Phi) is 3.84. The van der Waals surface area contributed by atoms with Crippen LogP contribution in [-0.2, 0) is 6.61 Å². The van der Waals surface area contributed by atoms with Crippen molar-refractivity contribution >= 4 is 11.3 Å². The molecule has 24 heavy (non-hydrogen) atoms. The van der Waals surface area contributed by atoms with Crippen molar-refractivity contribution in [2.45, 2.75) is 6.61 Å². The van der Waals surface area contributed by atoms with Gasteiger partial charge in [-0.2, -0.15) is 4.98 Å². The second-order valence-corrected chi connectivity index (χ2v) is 5.86. The van der Waals surface area contributed by atoms with E-state index in [1.807, 2.05) is 17.5 Å². The van der Waals surface area contributed by atoms with Crippen molar-refractivity contribution in [1.82, 2.24) is 10.1 Å². The van der Waals surface area contributed by atoms with E-state index in [1.54, 1.807) is 24.3 Å². The number of nitrogens with zero attached hydrogens (tertiary/aromatic N) is 2. The molecule has 0 saturated heterocycles. The zero-order valence-corrected chi connectivity index (χ0v) is 13.1. The van der Waals surface area contributed by atoms with Crippen LogP contribution in [0.3, 0.4) is 0 Å². The third-order valence-electron chi connectivity index (χ3n) is 3.23. The number of benzene rings is 1. The largest absolute Gasteiger partial charge is 0.486 e. The van der Waals surface area contributed by atoms with Crippen molar-refractivity contribution in [1.29, 1.82) is 0 Å². The smallest absolute Gasteiger partial charge is 0.293 e. The normalized spacial score (nSPS) is 10.9. The molecule has 0 aliphatic heterocycles. The number of rotatable bonds is 5. The molecule has 4 aromatic rings. The second kappa shape index (κ2) is 6.29. The second-order valence-electron chi connectivity index (χ2n) is 4.91. The summed E-state index contributed by atoms with van der Waals surface area (Å²) in [5.74, 6) is 2.17. The van der Waals surface area contributed by atoms with Crippen LogP contribution < -0.4 is 4.74 Å². The van der Waals surface area contributed by atoms with Gasteiger partial charge in [-0.15, -0.1) is 11.3 Å². The maximum atomic E-state index is 12.8. The summed E-state index contributed by atoms with van der Waals surface area (Å²) in [6.07, 6.45) is 0. The Balaban J connectivity index is 1.45. The van der Waals surface area contributed by atoms with Gasteiger partial charge in [0.15, 0.2) is 5.76 Å². The van der Waals surface area contributed by atoms with Gasteiger partial charge in [0.05, 0.1) is 4.88 Å². The van der Waals surface area contributed by atoms with Crippen molar-refractivity contribution in [3.63, 3.8) is 0 Å². The van der Waals surface area contributed by atoms with Crippen LogP contribution in [0.25, 0.3) is 22.4 Å². The summed E-state index contributed by atoms with van der Waals surface area (Å²) in [6, 6.07) is 13.2. The lowest BCUT2D eigenvalue weighted by Crippen LogP contribution is -1.93. The maximum Gasteiger partial charge on any atom is 0.293 e. The number of hydrogen-bond donors (Lipinski definition) is 0. The van der Waals surface area contributed by atoms with Crippen molar-refractivity contribution < 1.29 is 18.1 Å². The molecule has 0 N–H and O–H groups in total. The molecule has 0 spiro atoms. The van der Waals surface area contributed by atoms with E-state index in [0.717, 1.165) is 4.88 Å². The summed E-state index contributed by atoms with van der Waals surface area (Å²) in [4.78, 5) is 5.25. The van der Waals surface area contributed by atoms with E-state index in [4.69, 9.17) is 13.7 Å². The first-order chi connectivity index (χ1) is 11.8. The van der Waals surface area contributed by atoms with Gasteiger partial charge < -0.3 is 13.7 Å². The minimum absolute atomic E-state index is 0.220. The number of thiophene rings is 1. The average molecular weight is 342 g/mol. The van der Waals surface area contributed by atoms with E-state index in [0.29, 0.717) is 29.0 Å². The van der Waals surface area contributed by atoms with Gasteiger partial charge in [-0.3, -0.25) is 0 Å². The van der Waals surface area contributed by atoms with Crippen LogP contribution >= 0.6 is 11.3 Å². The molecule has 0 aliphatic rings. The highest BCUT2D eigenvalue weighted by molar-refractivity contribution is 7.13. The highest BCUT2D eigenvalue weighted by Gasteiger charge is 2.15. The van der Waals surface area contributed by atoms with Crippen molar-refractivity contribution in [2.75, 3.05) is 0 Å². The average Bonchev–Trinajstić information content (AvgIpc) is 3.33. The Labute approximate surface area is 140 Å². The zero-order valence-electron chi connectivity index (χ0n) is 12.3. The molecule has 5 nitrogen and oxygen atoms in total. The van der Waals surface area contributed by atoms with Crippen molar-refractivity contribution in [2.24, 2.45) is 0 Å². The minimum Gasteiger partial charge on any atom is -0.486 e. The standard InChI is InChI=1S/C17H11FN2O3S/c18-11-3-5-12(6-4-11)21-10-13-7-8-14(22-13)17-19-16(20-23-17)15-2-1-9-24-15/h1-9H,10H2. The van der Waals surface area contributed by atoms with E-state index < -0.39 is 0 Å². The van der Waals surface area contributed by atoms with Gasteiger partial charge in [0.25, 0.3) is 5.89 Å². The van der Waals surface area contributed by atoms with Gasteiger partial charge in [0, 0.05) is 0 Å². The Morgan fingerprint density at radius 1 is 1.08 bits per heavy atom. The Hall–Kier alpha value is -2.93. The molecule has 4 rings (SSSR count). The van der Waals surface area contributed by atoms with Crippen molar-refractivity contribution in [3.8, 4) is 28.1 Å². The van der Waals surface area contributed by atoms with E-state index in [1.165, 1.54) is 23.5 Å². The third-order valence-corrected chi connectivity index (χ3v) is 4.10. The zero-order chi connectivity index (χ0) is 16.4. The summed E-state index contributed by atoms with van der Waals surface area (Å²) >= 11 is 1.53. The fourth-order valence-corrected chi connectivity index (χ4v) is 2.73. The van der Waals surface area contributed by atoms with Gasteiger partial charge in [-0.1, -0.05) is 11.2 Å². The van der Waals surface area contributed by atoms with E-state index in [-0.39, 0.29) is 12.4 Å². The summed E-state index contributed by atoms with van der Waals surface area (Å²) in [5, 5.41) is 5.89. The molecule has 3 heterocycles. The molecule has 0 saturated carbocycles.